The average molecular weight is 238 g/mol. The van der Waals surface area contributed by atoms with Gasteiger partial charge in [-0.05, 0) is 12.1 Å². The van der Waals surface area contributed by atoms with Crippen molar-refractivity contribution in [3.63, 3.8) is 0 Å². The number of benzene rings is 1. The number of halogens is 2. The summed E-state index contributed by atoms with van der Waals surface area (Å²) >= 11 is 0. The lowest BCUT2D eigenvalue weighted by Gasteiger charge is -2.04. The first-order chi connectivity index (χ1) is 7.99. The molecular weight excluding hydrogens is 230 g/mol. The number of hydrogen-bond donors (Lipinski definition) is 1. The molecule has 1 aromatic heterocycles. The Hall–Kier alpha value is -2.24. The lowest BCUT2D eigenvalue weighted by molar-refractivity contribution is 0.585. The van der Waals surface area contributed by atoms with E-state index in [2.05, 4.69) is 4.98 Å². The predicted octanol–water partition coefficient (Wildman–Crippen LogP) is 1.02. The third-order valence-electron chi connectivity index (χ3n) is 2.37. The molecule has 0 fully saturated rings. The van der Waals surface area contributed by atoms with E-state index in [1.54, 1.807) is 0 Å². The highest BCUT2D eigenvalue weighted by Gasteiger charge is 2.09. The van der Waals surface area contributed by atoms with Crippen molar-refractivity contribution >= 4 is 0 Å². The summed E-state index contributed by atoms with van der Waals surface area (Å²) in [7, 11) is 1.30. The summed E-state index contributed by atoms with van der Waals surface area (Å²) in [5.74, 6) is -1.56. The molecule has 2 aromatic rings. The Bertz CT molecular complexity index is 657. The molecule has 1 aromatic carbocycles. The van der Waals surface area contributed by atoms with Crippen LogP contribution in [-0.2, 0) is 7.05 Å². The summed E-state index contributed by atoms with van der Waals surface area (Å²) in [4.78, 5) is 25.0. The standard InChI is InChI=1S/C11H8F2N2O2/c1-15-10(16)5-9(14-11(15)17)7-3-2-6(12)4-8(7)13/h2-5H,1H3,(H,14,17). The van der Waals surface area contributed by atoms with Crippen LogP contribution in [0.3, 0.4) is 0 Å². The Morgan fingerprint density at radius 3 is 2.47 bits per heavy atom. The molecule has 0 unspecified atom stereocenters. The van der Waals surface area contributed by atoms with Gasteiger partial charge in [0.15, 0.2) is 0 Å². The van der Waals surface area contributed by atoms with Gasteiger partial charge in [-0.25, -0.2) is 13.6 Å². The van der Waals surface area contributed by atoms with Gasteiger partial charge in [0.05, 0.1) is 5.69 Å². The van der Waals surface area contributed by atoms with Crippen LogP contribution in [0.1, 0.15) is 0 Å². The lowest BCUT2D eigenvalue weighted by Crippen LogP contribution is -2.32. The van der Waals surface area contributed by atoms with Crippen LogP contribution in [0, 0.1) is 11.6 Å². The number of nitrogens with zero attached hydrogens (tertiary/aromatic N) is 1. The van der Waals surface area contributed by atoms with Crippen molar-refractivity contribution in [2.75, 3.05) is 0 Å². The summed E-state index contributed by atoms with van der Waals surface area (Å²) in [5.41, 5.74) is -1.22. The summed E-state index contributed by atoms with van der Waals surface area (Å²) in [6, 6.07) is 3.98. The molecule has 2 rings (SSSR count). The van der Waals surface area contributed by atoms with E-state index in [9.17, 15) is 18.4 Å². The van der Waals surface area contributed by atoms with Gasteiger partial charge in [0.1, 0.15) is 11.6 Å². The second-order valence-corrected chi connectivity index (χ2v) is 3.51. The second-order valence-electron chi connectivity index (χ2n) is 3.51. The van der Waals surface area contributed by atoms with Crippen LogP contribution >= 0.6 is 0 Å². The van der Waals surface area contributed by atoms with Crippen molar-refractivity contribution in [3.8, 4) is 11.3 Å². The van der Waals surface area contributed by atoms with Crippen LogP contribution in [0.5, 0.6) is 0 Å². The van der Waals surface area contributed by atoms with Crippen molar-refractivity contribution in [2.45, 2.75) is 0 Å². The van der Waals surface area contributed by atoms with Gasteiger partial charge in [-0.3, -0.25) is 9.36 Å². The van der Waals surface area contributed by atoms with Gasteiger partial charge >= 0.3 is 5.69 Å². The predicted molar refractivity (Wildman–Crippen MR) is 57.7 cm³/mol. The van der Waals surface area contributed by atoms with E-state index in [0.29, 0.717) is 6.07 Å². The zero-order chi connectivity index (χ0) is 12.6. The zero-order valence-electron chi connectivity index (χ0n) is 8.83. The van der Waals surface area contributed by atoms with E-state index in [1.165, 1.54) is 7.05 Å². The normalized spacial score (nSPS) is 10.5. The van der Waals surface area contributed by atoms with E-state index < -0.39 is 22.9 Å². The lowest BCUT2D eigenvalue weighted by atomic mass is 10.1. The fourth-order valence-corrected chi connectivity index (χ4v) is 1.41. The molecule has 0 aliphatic heterocycles. The minimum absolute atomic E-state index is 0.0237. The molecule has 0 amide bonds. The maximum atomic E-state index is 13.4. The first kappa shape index (κ1) is 11.3. The van der Waals surface area contributed by atoms with E-state index in [1.807, 2.05) is 0 Å². The van der Waals surface area contributed by atoms with Gasteiger partial charge in [0, 0.05) is 24.7 Å². The molecular formula is C11H8F2N2O2. The molecule has 0 atom stereocenters. The summed E-state index contributed by atoms with van der Waals surface area (Å²) in [5, 5.41) is 0. The number of hydrogen-bond acceptors (Lipinski definition) is 2. The molecule has 17 heavy (non-hydrogen) atoms. The molecule has 6 heteroatoms. The summed E-state index contributed by atoms with van der Waals surface area (Å²) in [6.45, 7) is 0. The molecule has 0 radical (unpaired) electrons. The van der Waals surface area contributed by atoms with Crippen molar-refractivity contribution in [1.29, 1.82) is 0 Å². The Morgan fingerprint density at radius 1 is 1.18 bits per heavy atom. The van der Waals surface area contributed by atoms with Crippen molar-refractivity contribution < 1.29 is 8.78 Å². The fourth-order valence-electron chi connectivity index (χ4n) is 1.41. The molecule has 0 saturated carbocycles. The van der Waals surface area contributed by atoms with E-state index >= 15 is 0 Å². The van der Waals surface area contributed by atoms with Crippen molar-refractivity contribution in [2.24, 2.45) is 7.05 Å². The van der Waals surface area contributed by atoms with Crippen molar-refractivity contribution in [1.82, 2.24) is 9.55 Å². The Morgan fingerprint density at radius 2 is 1.88 bits per heavy atom. The number of rotatable bonds is 1. The molecule has 1 heterocycles. The van der Waals surface area contributed by atoms with Gasteiger partial charge in [0.25, 0.3) is 5.56 Å². The van der Waals surface area contributed by atoms with Crippen LogP contribution in [-0.4, -0.2) is 9.55 Å². The third-order valence-corrected chi connectivity index (χ3v) is 2.37. The molecule has 0 aliphatic carbocycles. The largest absolute Gasteiger partial charge is 0.328 e. The van der Waals surface area contributed by atoms with Gasteiger partial charge in [0.2, 0.25) is 0 Å². The van der Waals surface area contributed by atoms with Crippen molar-refractivity contribution in [3.05, 3.63) is 56.7 Å². The molecule has 0 saturated heterocycles. The third kappa shape index (κ3) is 2.01. The number of aromatic nitrogens is 2. The van der Waals surface area contributed by atoms with E-state index in [4.69, 9.17) is 0 Å². The van der Waals surface area contributed by atoms with E-state index in [0.717, 1.165) is 22.8 Å². The fraction of sp³-hybridized carbons (Fsp3) is 0.0909. The highest BCUT2D eigenvalue weighted by atomic mass is 19.1. The SMILES string of the molecule is Cn1c(=O)cc(-c2ccc(F)cc2F)[nH]c1=O. The topological polar surface area (TPSA) is 54.9 Å². The second kappa shape index (κ2) is 3.97. The first-order valence-electron chi connectivity index (χ1n) is 4.75. The zero-order valence-corrected chi connectivity index (χ0v) is 8.83. The maximum absolute atomic E-state index is 13.4. The van der Waals surface area contributed by atoms with E-state index in [-0.39, 0.29) is 11.3 Å². The highest BCUT2D eigenvalue weighted by Crippen LogP contribution is 2.19. The highest BCUT2D eigenvalue weighted by molar-refractivity contribution is 5.59. The minimum atomic E-state index is -0.839. The Kier molecular flexibility index (Phi) is 2.63. The van der Waals surface area contributed by atoms with Gasteiger partial charge < -0.3 is 4.98 Å². The molecule has 0 bridgehead atoms. The van der Waals surface area contributed by atoms with Gasteiger partial charge in [-0.1, -0.05) is 0 Å². The monoisotopic (exact) mass is 238 g/mol. The quantitative estimate of drug-likeness (QED) is 0.806. The minimum Gasteiger partial charge on any atom is -0.307 e. The molecule has 88 valence electrons. The smallest absolute Gasteiger partial charge is 0.307 e. The van der Waals surface area contributed by atoms with Crippen LogP contribution in [0.25, 0.3) is 11.3 Å². The maximum Gasteiger partial charge on any atom is 0.328 e. The summed E-state index contributed by atoms with van der Waals surface area (Å²) in [6.07, 6.45) is 0. The Labute approximate surface area is 94.2 Å². The number of nitrogens with one attached hydrogen (secondary N) is 1. The van der Waals surface area contributed by atoms with Gasteiger partial charge in [-0.15, -0.1) is 0 Å². The van der Waals surface area contributed by atoms with Crippen LogP contribution < -0.4 is 11.2 Å². The average Bonchev–Trinajstić information content (AvgIpc) is 2.25. The van der Waals surface area contributed by atoms with Crippen LogP contribution in [0.2, 0.25) is 0 Å². The van der Waals surface area contributed by atoms with Gasteiger partial charge in [-0.2, -0.15) is 0 Å². The molecule has 0 spiro atoms. The Balaban J connectivity index is 2.69. The van der Waals surface area contributed by atoms with Crippen LogP contribution in [0.15, 0.2) is 33.9 Å². The first-order valence-corrected chi connectivity index (χ1v) is 4.75. The van der Waals surface area contributed by atoms with Crippen LogP contribution in [0.4, 0.5) is 8.78 Å². The molecule has 4 nitrogen and oxygen atoms in total. The number of H-pyrrole nitrogens is 1. The molecule has 0 aliphatic rings. The summed E-state index contributed by atoms with van der Waals surface area (Å²) < 4.78 is 27.0. The number of aromatic amines is 1. The molecule has 1 N–H and O–H groups in total.